The van der Waals surface area contributed by atoms with Crippen molar-refractivity contribution in [1.29, 1.82) is 0 Å². The van der Waals surface area contributed by atoms with Crippen molar-refractivity contribution in [3.63, 3.8) is 0 Å². The number of halogens is 2. The zero-order valence-corrected chi connectivity index (χ0v) is 15.5. The van der Waals surface area contributed by atoms with Crippen LogP contribution in [0.4, 0.5) is 8.78 Å². The van der Waals surface area contributed by atoms with Crippen LogP contribution >= 0.6 is 0 Å². The first-order chi connectivity index (χ1) is 11.7. The van der Waals surface area contributed by atoms with Gasteiger partial charge in [0.1, 0.15) is 11.4 Å². The third kappa shape index (κ3) is 4.91. The van der Waals surface area contributed by atoms with Gasteiger partial charge in [0.05, 0.1) is 12.7 Å². The van der Waals surface area contributed by atoms with Crippen LogP contribution in [-0.2, 0) is 15.1 Å². The second kappa shape index (κ2) is 9.13. The van der Waals surface area contributed by atoms with Crippen molar-refractivity contribution in [2.24, 2.45) is 11.8 Å². The van der Waals surface area contributed by atoms with E-state index in [2.05, 4.69) is 0 Å². The van der Waals surface area contributed by atoms with Gasteiger partial charge < -0.3 is 14.6 Å². The van der Waals surface area contributed by atoms with Gasteiger partial charge in [-0.1, -0.05) is 32.9 Å². The molecule has 3 atom stereocenters. The van der Waals surface area contributed by atoms with Gasteiger partial charge in [0.2, 0.25) is 0 Å². The van der Waals surface area contributed by atoms with Gasteiger partial charge >= 0.3 is 5.97 Å². The lowest BCUT2D eigenvalue weighted by Crippen LogP contribution is -2.48. The molecule has 1 aromatic rings. The summed E-state index contributed by atoms with van der Waals surface area (Å²) >= 11 is 0. The Morgan fingerprint density at radius 3 is 2.12 bits per heavy atom. The van der Waals surface area contributed by atoms with E-state index in [1.807, 2.05) is 13.8 Å². The molecule has 0 radical (unpaired) electrons. The second-order valence-electron chi connectivity index (χ2n) is 6.41. The lowest BCUT2D eigenvalue weighted by molar-refractivity contribution is -0.178. The summed E-state index contributed by atoms with van der Waals surface area (Å²) in [5.41, 5.74) is -1.81. The number of ether oxygens (including phenoxy) is 2. The van der Waals surface area contributed by atoms with Crippen LogP contribution in [0.25, 0.3) is 0 Å². The Labute approximate surface area is 148 Å². The molecule has 1 aromatic carbocycles. The number of aliphatic hydroxyl groups is 1. The maximum atomic E-state index is 13.6. The molecule has 0 fully saturated rings. The Morgan fingerprint density at radius 2 is 1.72 bits per heavy atom. The van der Waals surface area contributed by atoms with Crippen LogP contribution in [0.15, 0.2) is 24.3 Å². The molecule has 1 N–H and O–H groups in total. The number of alkyl halides is 2. The fraction of sp³-hybridized carbons (Fsp3) is 0.632. The molecule has 142 valence electrons. The number of benzene rings is 1. The molecule has 0 saturated heterocycles. The molecule has 0 spiro atoms. The molecule has 0 amide bonds. The Balaban J connectivity index is 3.25. The Bertz CT molecular complexity index is 545. The Kier molecular flexibility index (Phi) is 7.80. The first-order valence-corrected chi connectivity index (χ1v) is 8.62. The van der Waals surface area contributed by atoms with E-state index in [4.69, 9.17) is 9.47 Å². The number of hydrogen-bond donors (Lipinski definition) is 1. The average molecular weight is 358 g/mol. The highest BCUT2D eigenvalue weighted by Crippen LogP contribution is 2.41. The van der Waals surface area contributed by atoms with Crippen molar-refractivity contribution in [1.82, 2.24) is 0 Å². The van der Waals surface area contributed by atoms with Crippen LogP contribution < -0.4 is 4.74 Å². The fourth-order valence-corrected chi connectivity index (χ4v) is 2.69. The summed E-state index contributed by atoms with van der Waals surface area (Å²) in [4.78, 5) is 12.1. The van der Waals surface area contributed by atoms with Gasteiger partial charge in [0, 0.05) is 0 Å². The number of hydrogen-bond acceptors (Lipinski definition) is 4. The summed E-state index contributed by atoms with van der Waals surface area (Å²) in [7, 11) is 0. The highest BCUT2D eigenvalue weighted by Gasteiger charge is 2.51. The van der Waals surface area contributed by atoms with E-state index in [1.54, 1.807) is 26.0 Å². The van der Waals surface area contributed by atoms with Crippen molar-refractivity contribution in [2.75, 3.05) is 6.61 Å². The number of rotatable bonds is 9. The minimum Gasteiger partial charge on any atom is -0.491 e. The number of carbonyl (C=O) groups excluding carboxylic acids is 1. The maximum absolute atomic E-state index is 13.6. The molecule has 0 bridgehead atoms. The summed E-state index contributed by atoms with van der Waals surface area (Å²) < 4.78 is 37.7. The molecule has 1 rings (SSSR count). The maximum Gasteiger partial charge on any atom is 0.318 e. The average Bonchev–Trinajstić information content (AvgIpc) is 2.54. The smallest absolute Gasteiger partial charge is 0.318 e. The van der Waals surface area contributed by atoms with Crippen molar-refractivity contribution < 1.29 is 28.2 Å². The van der Waals surface area contributed by atoms with Gasteiger partial charge in [-0.25, -0.2) is 8.78 Å². The van der Waals surface area contributed by atoms with Gasteiger partial charge in [-0.05, 0) is 43.9 Å². The highest BCUT2D eigenvalue weighted by molar-refractivity contribution is 5.75. The molecule has 0 aromatic heterocycles. The summed E-state index contributed by atoms with van der Waals surface area (Å²) in [5, 5.41) is 11.1. The highest BCUT2D eigenvalue weighted by atomic mass is 19.3. The minimum atomic E-state index is -3.05. The molecule has 0 aliphatic carbocycles. The SMILES string of the molecule is CCOC(=O)C(C(F)F)C(O)(c1ccc(OC(C)CC)cc1)C(C)C. The van der Waals surface area contributed by atoms with Crippen LogP contribution in [0.2, 0.25) is 0 Å². The zero-order valence-electron chi connectivity index (χ0n) is 15.5. The predicted octanol–water partition coefficient (Wildman–Crippen LogP) is 4.15. The molecule has 0 aliphatic heterocycles. The molecule has 0 aliphatic rings. The largest absolute Gasteiger partial charge is 0.491 e. The van der Waals surface area contributed by atoms with Crippen LogP contribution in [-0.4, -0.2) is 30.2 Å². The van der Waals surface area contributed by atoms with Crippen LogP contribution in [0.5, 0.6) is 5.75 Å². The summed E-state index contributed by atoms with van der Waals surface area (Å²) in [5.74, 6) is -3.12. The standard InChI is InChI=1S/C19H28F2O4/c1-6-13(5)25-15-10-8-14(9-11-15)19(23,12(3)4)16(17(20)21)18(22)24-7-2/h8-13,16-17,23H,6-7H2,1-5H3. The topological polar surface area (TPSA) is 55.8 Å². The van der Waals surface area contributed by atoms with Crippen LogP contribution in [0.1, 0.15) is 46.6 Å². The van der Waals surface area contributed by atoms with Gasteiger partial charge in [-0.3, -0.25) is 4.79 Å². The van der Waals surface area contributed by atoms with Gasteiger partial charge in [0.25, 0.3) is 6.43 Å². The monoisotopic (exact) mass is 358 g/mol. The fourth-order valence-electron chi connectivity index (χ4n) is 2.69. The van der Waals surface area contributed by atoms with Crippen LogP contribution in [0.3, 0.4) is 0 Å². The van der Waals surface area contributed by atoms with Crippen molar-refractivity contribution in [2.45, 2.75) is 59.2 Å². The van der Waals surface area contributed by atoms with E-state index in [0.717, 1.165) is 6.42 Å². The molecular weight excluding hydrogens is 330 g/mol. The van der Waals surface area contributed by atoms with E-state index < -0.39 is 29.8 Å². The van der Waals surface area contributed by atoms with E-state index in [0.29, 0.717) is 5.75 Å². The quantitative estimate of drug-likeness (QED) is 0.674. The third-order valence-electron chi connectivity index (χ3n) is 4.38. The number of carbonyl (C=O) groups is 1. The van der Waals surface area contributed by atoms with E-state index in [-0.39, 0.29) is 18.3 Å². The van der Waals surface area contributed by atoms with E-state index >= 15 is 0 Å². The predicted molar refractivity (Wildman–Crippen MR) is 91.7 cm³/mol. The molecule has 0 heterocycles. The molecule has 3 unspecified atom stereocenters. The number of esters is 1. The lowest BCUT2D eigenvalue weighted by atomic mass is 9.73. The summed E-state index contributed by atoms with van der Waals surface area (Å²) in [6.45, 7) is 8.61. The third-order valence-corrected chi connectivity index (χ3v) is 4.38. The minimum absolute atomic E-state index is 0.0168. The summed E-state index contributed by atoms with van der Waals surface area (Å²) in [6, 6.07) is 6.27. The summed E-state index contributed by atoms with van der Waals surface area (Å²) in [6.07, 6.45) is -2.21. The first kappa shape index (κ1) is 21.4. The van der Waals surface area contributed by atoms with Gasteiger partial charge in [-0.15, -0.1) is 0 Å². The first-order valence-electron chi connectivity index (χ1n) is 8.62. The normalized spacial score (nSPS) is 16.4. The lowest BCUT2D eigenvalue weighted by Gasteiger charge is -2.38. The Morgan fingerprint density at radius 1 is 1.16 bits per heavy atom. The Hall–Kier alpha value is -1.69. The van der Waals surface area contributed by atoms with Crippen molar-refractivity contribution >= 4 is 5.97 Å². The molecule has 0 saturated carbocycles. The zero-order chi connectivity index (χ0) is 19.2. The van der Waals surface area contributed by atoms with Crippen molar-refractivity contribution in [3.8, 4) is 5.75 Å². The van der Waals surface area contributed by atoms with Gasteiger partial charge in [0.15, 0.2) is 5.92 Å². The van der Waals surface area contributed by atoms with Crippen LogP contribution in [0, 0.1) is 11.8 Å². The molecular formula is C19H28F2O4. The van der Waals surface area contributed by atoms with Crippen molar-refractivity contribution in [3.05, 3.63) is 29.8 Å². The molecule has 4 nitrogen and oxygen atoms in total. The van der Waals surface area contributed by atoms with Gasteiger partial charge in [-0.2, -0.15) is 0 Å². The van der Waals surface area contributed by atoms with E-state index in [1.165, 1.54) is 19.1 Å². The van der Waals surface area contributed by atoms with E-state index in [9.17, 15) is 18.7 Å². The second-order valence-corrected chi connectivity index (χ2v) is 6.41. The molecule has 6 heteroatoms. The molecule has 25 heavy (non-hydrogen) atoms.